The molecule has 0 spiro atoms. The molecular formula is C5H9NOS. The summed E-state index contributed by atoms with van der Waals surface area (Å²) in [5, 5.41) is 2.81. The van der Waals surface area contributed by atoms with Gasteiger partial charge in [0.15, 0.2) is 0 Å². The van der Waals surface area contributed by atoms with E-state index < -0.39 is 0 Å². The van der Waals surface area contributed by atoms with Gasteiger partial charge in [0, 0.05) is 6.42 Å². The molecule has 2 nitrogen and oxygen atoms in total. The van der Waals surface area contributed by atoms with Crippen molar-refractivity contribution in [2.45, 2.75) is 24.6 Å². The molecule has 8 heavy (non-hydrogen) atoms. The van der Waals surface area contributed by atoms with Crippen LogP contribution in [0.4, 0.5) is 0 Å². The minimum atomic E-state index is 0.108. The van der Waals surface area contributed by atoms with Crippen LogP contribution in [-0.2, 0) is 4.79 Å². The Morgan fingerprint density at radius 3 is 2.88 bits per heavy atom. The Kier molecular flexibility index (Phi) is 1.78. The van der Waals surface area contributed by atoms with E-state index in [2.05, 4.69) is 17.9 Å². The van der Waals surface area contributed by atoms with E-state index in [0.29, 0.717) is 6.42 Å². The van der Waals surface area contributed by atoms with Crippen molar-refractivity contribution >= 4 is 18.5 Å². The third kappa shape index (κ3) is 1.40. The number of thiol groups is 1. The van der Waals surface area contributed by atoms with E-state index in [1.165, 1.54) is 0 Å². The quantitative estimate of drug-likeness (QED) is 0.462. The van der Waals surface area contributed by atoms with Crippen molar-refractivity contribution in [3.05, 3.63) is 0 Å². The molecule has 1 N–H and O–H groups in total. The van der Waals surface area contributed by atoms with E-state index >= 15 is 0 Å². The second-order valence-electron chi connectivity index (χ2n) is 1.98. The van der Waals surface area contributed by atoms with Crippen LogP contribution in [0.25, 0.3) is 0 Å². The van der Waals surface area contributed by atoms with Gasteiger partial charge in [-0.2, -0.15) is 12.6 Å². The number of amides is 1. The Morgan fingerprint density at radius 2 is 2.50 bits per heavy atom. The van der Waals surface area contributed by atoms with E-state index in [9.17, 15) is 4.79 Å². The number of piperidine rings is 1. The van der Waals surface area contributed by atoms with Crippen molar-refractivity contribution in [1.82, 2.24) is 5.32 Å². The maximum absolute atomic E-state index is 10.5. The minimum absolute atomic E-state index is 0.108. The summed E-state index contributed by atoms with van der Waals surface area (Å²) in [5.41, 5.74) is 0. The Bertz CT molecular complexity index is 105. The lowest BCUT2D eigenvalue weighted by atomic mass is 10.2. The lowest BCUT2D eigenvalue weighted by Crippen LogP contribution is -2.34. The molecule has 1 amide bonds. The van der Waals surface area contributed by atoms with Gasteiger partial charge in [-0.05, 0) is 12.8 Å². The van der Waals surface area contributed by atoms with Crippen LogP contribution < -0.4 is 5.32 Å². The van der Waals surface area contributed by atoms with E-state index in [4.69, 9.17) is 0 Å². The van der Waals surface area contributed by atoms with Gasteiger partial charge in [0.2, 0.25) is 5.91 Å². The molecule has 0 aromatic rings. The topological polar surface area (TPSA) is 29.1 Å². The zero-order chi connectivity index (χ0) is 5.98. The van der Waals surface area contributed by atoms with Gasteiger partial charge in [-0.3, -0.25) is 4.79 Å². The first-order valence-electron chi connectivity index (χ1n) is 2.76. The molecule has 0 aliphatic carbocycles. The number of rotatable bonds is 0. The molecule has 0 saturated carbocycles. The van der Waals surface area contributed by atoms with Crippen LogP contribution >= 0.6 is 12.6 Å². The average Bonchev–Trinajstić information content (AvgIpc) is 1.64. The van der Waals surface area contributed by atoms with Crippen molar-refractivity contribution in [2.75, 3.05) is 0 Å². The normalized spacial score (nSPS) is 29.6. The summed E-state index contributed by atoms with van der Waals surface area (Å²) in [7, 11) is 0. The van der Waals surface area contributed by atoms with Crippen LogP contribution in [0.2, 0.25) is 0 Å². The third-order valence-corrected chi connectivity index (χ3v) is 1.60. The first-order valence-corrected chi connectivity index (χ1v) is 3.28. The third-order valence-electron chi connectivity index (χ3n) is 1.21. The molecule has 1 saturated heterocycles. The summed E-state index contributed by atoms with van der Waals surface area (Å²) in [5.74, 6) is 0.135. The minimum Gasteiger partial charge on any atom is -0.345 e. The molecule has 3 heteroatoms. The summed E-state index contributed by atoms with van der Waals surface area (Å²) in [4.78, 5) is 10.5. The zero-order valence-electron chi connectivity index (χ0n) is 4.55. The Hall–Kier alpha value is -0.180. The summed E-state index contributed by atoms with van der Waals surface area (Å²) in [6, 6.07) is 0. The zero-order valence-corrected chi connectivity index (χ0v) is 5.45. The van der Waals surface area contributed by atoms with Crippen LogP contribution in [0.3, 0.4) is 0 Å². The predicted octanol–water partition coefficient (Wildman–Crippen LogP) is 0.542. The Labute approximate surface area is 54.1 Å². The number of hydrogen-bond acceptors (Lipinski definition) is 2. The second kappa shape index (κ2) is 2.40. The molecule has 1 atom stereocenters. The highest BCUT2D eigenvalue weighted by atomic mass is 32.1. The largest absolute Gasteiger partial charge is 0.345 e. The van der Waals surface area contributed by atoms with Gasteiger partial charge in [0.05, 0.1) is 5.37 Å². The van der Waals surface area contributed by atoms with Gasteiger partial charge in [0.25, 0.3) is 0 Å². The second-order valence-corrected chi connectivity index (χ2v) is 2.60. The summed E-state index contributed by atoms with van der Waals surface area (Å²) in [6.45, 7) is 0. The smallest absolute Gasteiger partial charge is 0.220 e. The lowest BCUT2D eigenvalue weighted by molar-refractivity contribution is -0.122. The molecule has 1 rings (SSSR count). The maximum atomic E-state index is 10.5. The van der Waals surface area contributed by atoms with E-state index in [0.717, 1.165) is 12.8 Å². The Morgan fingerprint density at radius 1 is 1.75 bits per heavy atom. The van der Waals surface area contributed by atoms with Crippen molar-refractivity contribution in [3.63, 3.8) is 0 Å². The van der Waals surface area contributed by atoms with Crippen molar-refractivity contribution in [2.24, 2.45) is 0 Å². The van der Waals surface area contributed by atoms with Gasteiger partial charge in [-0.15, -0.1) is 0 Å². The lowest BCUT2D eigenvalue weighted by Gasteiger charge is -2.17. The molecule has 46 valence electrons. The molecule has 1 aliphatic rings. The molecule has 1 aliphatic heterocycles. The van der Waals surface area contributed by atoms with E-state index in [1.54, 1.807) is 0 Å². The highest BCUT2D eigenvalue weighted by Gasteiger charge is 2.12. The molecule has 0 aromatic heterocycles. The van der Waals surface area contributed by atoms with Crippen molar-refractivity contribution < 1.29 is 4.79 Å². The number of nitrogens with one attached hydrogen (secondary N) is 1. The van der Waals surface area contributed by atoms with Crippen LogP contribution in [-0.4, -0.2) is 11.3 Å². The molecular weight excluding hydrogens is 122 g/mol. The summed E-state index contributed by atoms with van der Waals surface area (Å²) < 4.78 is 0. The number of carbonyl (C=O) groups is 1. The fraction of sp³-hybridized carbons (Fsp3) is 0.800. The summed E-state index contributed by atoms with van der Waals surface area (Å²) in [6.07, 6.45) is 2.67. The molecule has 1 heterocycles. The van der Waals surface area contributed by atoms with Crippen LogP contribution in [0.15, 0.2) is 0 Å². The molecule has 0 radical (unpaired) electrons. The number of carbonyl (C=O) groups excluding carboxylic acids is 1. The van der Waals surface area contributed by atoms with Crippen LogP contribution in [0.5, 0.6) is 0 Å². The van der Waals surface area contributed by atoms with Gasteiger partial charge in [-0.1, -0.05) is 0 Å². The van der Waals surface area contributed by atoms with Gasteiger partial charge >= 0.3 is 0 Å². The first-order chi connectivity index (χ1) is 3.79. The molecule has 0 bridgehead atoms. The van der Waals surface area contributed by atoms with E-state index in [1.807, 2.05) is 0 Å². The van der Waals surface area contributed by atoms with Gasteiger partial charge < -0.3 is 5.32 Å². The SMILES string of the molecule is O=C1CCC[C@H](S)N1. The predicted molar refractivity (Wildman–Crippen MR) is 34.8 cm³/mol. The van der Waals surface area contributed by atoms with Gasteiger partial charge in [0.1, 0.15) is 0 Å². The molecule has 1 fully saturated rings. The fourth-order valence-electron chi connectivity index (χ4n) is 0.786. The molecule has 0 unspecified atom stereocenters. The highest BCUT2D eigenvalue weighted by molar-refractivity contribution is 7.80. The maximum Gasteiger partial charge on any atom is 0.220 e. The first kappa shape index (κ1) is 5.95. The Balaban J connectivity index is 2.34. The summed E-state index contributed by atoms with van der Waals surface area (Å²) >= 11 is 4.09. The van der Waals surface area contributed by atoms with Crippen LogP contribution in [0.1, 0.15) is 19.3 Å². The molecule has 0 aromatic carbocycles. The monoisotopic (exact) mass is 131 g/mol. The standard InChI is InChI=1S/C5H9NOS/c7-4-2-1-3-5(8)6-4/h5,8H,1-3H2,(H,6,7)/t5-/m0/s1. The van der Waals surface area contributed by atoms with Crippen LogP contribution in [0, 0.1) is 0 Å². The number of hydrogen-bond donors (Lipinski definition) is 2. The average molecular weight is 131 g/mol. The van der Waals surface area contributed by atoms with E-state index in [-0.39, 0.29) is 11.3 Å². The highest BCUT2D eigenvalue weighted by Crippen LogP contribution is 2.09. The fourth-order valence-corrected chi connectivity index (χ4v) is 1.11. The van der Waals surface area contributed by atoms with Crippen molar-refractivity contribution in [1.29, 1.82) is 0 Å². The van der Waals surface area contributed by atoms with Gasteiger partial charge in [-0.25, -0.2) is 0 Å². The van der Waals surface area contributed by atoms with Crippen molar-refractivity contribution in [3.8, 4) is 0 Å².